The third kappa shape index (κ3) is 2.45. The van der Waals surface area contributed by atoms with Crippen LogP contribution in [0.4, 0.5) is 0 Å². The van der Waals surface area contributed by atoms with E-state index in [2.05, 4.69) is 0 Å². The average molecular weight is 273 g/mol. The number of hydrogen-bond acceptors (Lipinski definition) is 3. The number of piperidine rings is 1. The molecule has 1 aliphatic rings. The summed E-state index contributed by atoms with van der Waals surface area (Å²) in [5, 5.41) is 0.113. The number of rotatable bonds is 2. The molecule has 0 aliphatic carbocycles. The van der Waals surface area contributed by atoms with E-state index in [1.54, 1.807) is 11.0 Å². The normalized spacial score (nSPS) is 20.3. The number of likely N-dealkylation sites (tertiary alicyclic amines) is 1. The van der Waals surface area contributed by atoms with Gasteiger partial charge in [0.15, 0.2) is 0 Å². The summed E-state index contributed by atoms with van der Waals surface area (Å²) in [5.41, 5.74) is 6.04. The van der Waals surface area contributed by atoms with E-state index in [1.807, 2.05) is 0 Å². The summed E-state index contributed by atoms with van der Waals surface area (Å²) < 4.78 is 4.93. The van der Waals surface area contributed by atoms with Gasteiger partial charge in [-0.1, -0.05) is 12.2 Å². The standard InChI is InChI=1S/C11H13ClN2O2S/c12-9-7(4-6-16-9)11(15)14-5-2-1-3-8(14)10(13)17/h4,6,8H,1-3,5H2,(H2,13,17). The fraction of sp³-hybridized carbons (Fsp3) is 0.455. The molecule has 4 nitrogen and oxygen atoms in total. The molecular formula is C11H13ClN2O2S. The zero-order chi connectivity index (χ0) is 12.4. The molecule has 2 N–H and O–H groups in total. The number of nitrogens with two attached hydrogens (primary N) is 1. The van der Waals surface area contributed by atoms with E-state index in [4.69, 9.17) is 34.0 Å². The molecular weight excluding hydrogens is 260 g/mol. The van der Waals surface area contributed by atoms with Gasteiger partial charge in [-0.05, 0) is 36.9 Å². The van der Waals surface area contributed by atoms with Crippen LogP contribution in [-0.2, 0) is 0 Å². The Labute approximate surface area is 110 Å². The predicted octanol–water partition coefficient (Wildman–Crippen LogP) is 2.21. The number of carbonyl (C=O) groups is 1. The van der Waals surface area contributed by atoms with E-state index in [0.717, 1.165) is 19.3 Å². The molecule has 1 unspecified atom stereocenters. The van der Waals surface area contributed by atoms with Gasteiger partial charge in [-0.3, -0.25) is 4.79 Å². The first-order valence-electron chi connectivity index (χ1n) is 5.44. The van der Waals surface area contributed by atoms with Crippen LogP contribution in [0.5, 0.6) is 0 Å². The summed E-state index contributed by atoms with van der Waals surface area (Å²) >= 11 is 10.8. The van der Waals surface area contributed by atoms with Crippen LogP contribution in [0.25, 0.3) is 0 Å². The molecule has 0 saturated carbocycles. The summed E-state index contributed by atoms with van der Waals surface area (Å²) in [6.45, 7) is 0.655. The molecule has 0 spiro atoms. The molecule has 0 aromatic carbocycles. The summed E-state index contributed by atoms with van der Waals surface area (Å²) in [7, 11) is 0. The molecule has 17 heavy (non-hydrogen) atoms. The van der Waals surface area contributed by atoms with Gasteiger partial charge in [0.1, 0.15) is 0 Å². The Balaban J connectivity index is 2.23. The maximum atomic E-state index is 12.3. The summed E-state index contributed by atoms with van der Waals surface area (Å²) in [4.78, 5) is 14.3. The van der Waals surface area contributed by atoms with E-state index in [9.17, 15) is 4.79 Å². The van der Waals surface area contributed by atoms with Crippen molar-refractivity contribution in [2.75, 3.05) is 6.54 Å². The second kappa shape index (κ2) is 5.06. The minimum absolute atomic E-state index is 0.113. The molecule has 92 valence electrons. The number of amides is 1. The summed E-state index contributed by atoms with van der Waals surface area (Å²) in [6, 6.07) is 1.40. The number of furan rings is 1. The topological polar surface area (TPSA) is 59.5 Å². The Bertz CT molecular complexity index is 446. The molecule has 2 rings (SSSR count). The van der Waals surface area contributed by atoms with E-state index in [0.29, 0.717) is 17.1 Å². The molecule has 1 aromatic heterocycles. The summed E-state index contributed by atoms with van der Waals surface area (Å²) in [6.07, 6.45) is 4.21. The van der Waals surface area contributed by atoms with Crippen LogP contribution >= 0.6 is 23.8 Å². The molecule has 0 radical (unpaired) electrons. The Morgan fingerprint density at radius 2 is 2.35 bits per heavy atom. The molecule has 1 amide bonds. The van der Waals surface area contributed by atoms with Gasteiger partial charge >= 0.3 is 0 Å². The maximum Gasteiger partial charge on any atom is 0.259 e. The largest absolute Gasteiger partial charge is 0.452 e. The average Bonchev–Trinajstić information content (AvgIpc) is 2.74. The SMILES string of the molecule is NC(=S)C1CCCCN1C(=O)c1ccoc1Cl. The van der Waals surface area contributed by atoms with Crippen LogP contribution in [0.1, 0.15) is 29.6 Å². The Morgan fingerprint density at radius 3 is 2.94 bits per heavy atom. The van der Waals surface area contributed by atoms with Crippen LogP contribution < -0.4 is 5.73 Å². The molecule has 2 heterocycles. The second-order valence-corrected chi connectivity index (χ2v) is 4.84. The van der Waals surface area contributed by atoms with Gasteiger partial charge in [-0.25, -0.2) is 0 Å². The Hall–Kier alpha value is -1.07. The molecule has 1 fully saturated rings. The highest BCUT2D eigenvalue weighted by atomic mass is 35.5. The zero-order valence-electron chi connectivity index (χ0n) is 9.19. The van der Waals surface area contributed by atoms with E-state index >= 15 is 0 Å². The number of carbonyl (C=O) groups excluding carboxylic acids is 1. The van der Waals surface area contributed by atoms with Crippen LogP contribution in [0.2, 0.25) is 5.22 Å². The Morgan fingerprint density at radius 1 is 1.59 bits per heavy atom. The molecule has 1 atom stereocenters. The quantitative estimate of drug-likeness (QED) is 0.839. The highest BCUT2D eigenvalue weighted by Gasteiger charge is 2.30. The lowest BCUT2D eigenvalue weighted by atomic mass is 10.0. The molecule has 1 aromatic rings. The van der Waals surface area contributed by atoms with Gasteiger partial charge < -0.3 is 15.1 Å². The van der Waals surface area contributed by atoms with Crippen molar-refractivity contribution in [3.05, 3.63) is 23.1 Å². The number of hydrogen-bond donors (Lipinski definition) is 1. The first-order chi connectivity index (χ1) is 8.11. The molecule has 6 heteroatoms. The van der Waals surface area contributed by atoms with E-state index in [-0.39, 0.29) is 17.2 Å². The van der Waals surface area contributed by atoms with Gasteiger partial charge in [0.2, 0.25) is 5.22 Å². The third-order valence-electron chi connectivity index (χ3n) is 2.94. The van der Waals surface area contributed by atoms with Crippen LogP contribution in [0.15, 0.2) is 16.7 Å². The van der Waals surface area contributed by atoms with Gasteiger partial charge in [0, 0.05) is 6.54 Å². The van der Waals surface area contributed by atoms with Crippen molar-refractivity contribution in [1.82, 2.24) is 4.90 Å². The molecule has 1 aliphatic heterocycles. The van der Waals surface area contributed by atoms with Gasteiger partial charge in [-0.15, -0.1) is 0 Å². The van der Waals surface area contributed by atoms with Crippen LogP contribution in [0, 0.1) is 0 Å². The second-order valence-electron chi connectivity index (χ2n) is 4.02. The minimum Gasteiger partial charge on any atom is -0.452 e. The maximum absolute atomic E-state index is 12.3. The van der Waals surface area contributed by atoms with E-state index < -0.39 is 0 Å². The van der Waals surface area contributed by atoms with Crippen molar-refractivity contribution in [1.29, 1.82) is 0 Å². The minimum atomic E-state index is -0.169. The Kier molecular flexibility index (Phi) is 3.69. The van der Waals surface area contributed by atoms with E-state index in [1.165, 1.54) is 6.26 Å². The fourth-order valence-corrected chi connectivity index (χ4v) is 2.51. The van der Waals surface area contributed by atoms with Crippen LogP contribution in [0.3, 0.4) is 0 Å². The molecule has 1 saturated heterocycles. The smallest absolute Gasteiger partial charge is 0.259 e. The zero-order valence-corrected chi connectivity index (χ0v) is 10.8. The predicted molar refractivity (Wildman–Crippen MR) is 69.2 cm³/mol. The monoisotopic (exact) mass is 272 g/mol. The molecule has 0 bridgehead atoms. The summed E-state index contributed by atoms with van der Waals surface area (Å²) in [5.74, 6) is -0.166. The lowest BCUT2D eigenvalue weighted by Crippen LogP contribution is -2.49. The number of halogens is 1. The number of thiocarbonyl (C=S) groups is 1. The van der Waals surface area contributed by atoms with Crippen molar-refractivity contribution >= 4 is 34.7 Å². The lowest BCUT2D eigenvalue weighted by molar-refractivity contribution is 0.0681. The highest BCUT2D eigenvalue weighted by molar-refractivity contribution is 7.80. The van der Waals surface area contributed by atoms with Crippen molar-refractivity contribution in [2.45, 2.75) is 25.3 Å². The van der Waals surface area contributed by atoms with Gasteiger partial charge in [-0.2, -0.15) is 0 Å². The van der Waals surface area contributed by atoms with Crippen molar-refractivity contribution in [3.63, 3.8) is 0 Å². The highest BCUT2D eigenvalue weighted by Crippen LogP contribution is 2.24. The van der Waals surface area contributed by atoms with Crippen molar-refractivity contribution in [3.8, 4) is 0 Å². The van der Waals surface area contributed by atoms with Crippen LogP contribution in [-0.4, -0.2) is 28.4 Å². The third-order valence-corrected chi connectivity index (χ3v) is 3.51. The fourth-order valence-electron chi connectivity index (χ4n) is 2.07. The van der Waals surface area contributed by atoms with Crippen molar-refractivity contribution < 1.29 is 9.21 Å². The van der Waals surface area contributed by atoms with Gasteiger partial charge in [0.25, 0.3) is 5.91 Å². The van der Waals surface area contributed by atoms with Crippen molar-refractivity contribution in [2.24, 2.45) is 5.73 Å². The lowest BCUT2D eigenvalue weighted by Gasteiger charge is -2.34. The first kappa shape index (κ1) is 12.4. The number of nitrogens with zero attached hydrogens (tertiary/aromatic N) is 1. The first-order valence-corrected chi connectivity index (χ1v) is 6.23. The van der Waals surface area contributed by atoms with Gasteiger partial charge in [0.05, 0.1) is 22.9 Å².